The third-order valence-corrected chi connectivity index (χ3v) is 2.82. The molecule has 1 amide bonds. The number of carbonyl (C=O) groups excluding carboxylic acids is 1. The van der Waals surface area contributed by atoms with E-state index in [1.807, 2.05) is 58.9 Å². The van der Waals surface area contributed by atoms with E-state index < -0.39 is 0 Å². The van der Waals surface area contributed by atoms with Crippen LogP contribution in [-0.4, -0.2) is 18.2 Å². The Morgan fingerprint density at radius 2 is 1.84 bits per heavy atom. The molecule has 4 nitrogen and oxygen atoms in total. The first-order valence-corrected chi connectivity index (χ1v) is 6.32. The number of carbonyl (C=O) groups is 1. The van der Waals surface area contributed by atoms with E-state index in [1.54, 1.807) is 0 Å². The number of rotatable bonds is 4. The Balaban J connectivity index is 2.42. The summed E-state index contributed by atoms with van der Waals surface area (Å²) < 4.78 is 5.36. The fourth-order valence-corrected chi connectivity index (χ4v) is 1.13. The van der Waals surface area contributed by atoms with Crippen molar-refractivity contribution >= 4 is 11.6 Å². The SMILES string of the molecule is CC(=NNC(=O)COc1ccc(C)cc1)C(C)(C)C. The van der Waals surface area contributed by atoms with Crippen molar-refractivity contribution < 1.29 is 9.53 Å². The lowest BCUT2D eigenvalue weighted by Gasteiger charge is -2.17. The lowest BCUT2D eigenvalue weighted by molar-refractivity contribution is -0.123. The molecule has 0 spiro atoms. The molecule has 1 rings (SSSR count). The minimum Gasteiger partial charge on any atom is -0.484 e. The topological polar surface area (TPSA) is 50.7 Å². The predicted molar refractivity (Wildman–Crippen MR) is 77.4 cm³/mol. The fraction of sp³-hybridized carbons (Fsp3) is 0.467. The molecule has 0 aromatic heterocycles. The molecule has 0 unspecified atom stereocenters. The largest absolute Gasteiger partial charge is 0.484 e. The van der Waals surface area contributed by atoms with Crippen LogP contribution in [-0.2, 0) is 4.79 Å². The summed E-state index contributed by atoms with van der Waals surface area (Å²) >= 11 is 0. The Bertz CT molecular complexity index is 456. The summed E-state index contributed by atoms with van der Waals surface area (Å²) in [5, 5.41) is 4.06. The van der Waals surface area contributed by atoms with Crippen LogP contribution in [0.1, 0.15) is 33.3 Å². The van der Waals surface area contributed by atoms with Gasteiger partial charge in [0.1, 0.15) is 5.75 Å². The summed E-state index contributed by atoms with van der Waals surface area (Å²) in [6.07, 6.45) is 0. The van der Waals surface area contributed by atoms with Gasteiger partial charge in [0.2, 0.25) is 0 Å². The van der Waals surface area contributed by atoms with Crippen molar-refractivity contribution in [2.45, 2.75) is 34.6 Å². The third kappa shape index (κ3) is 5.55. The molecule has 1 N–H and O–H groups in total. The van der Waals surface area contributed by atoms with E-state index in [1.165, 1.54) is 0 Å². The van der Waals surface area contributed by atoms with Gasteiger partial charge in [-0.3, -0.25) is 4.79 Å². The molecule has 104 valence electrons. The highest BCUT2D eigenvalue weighted by molar-refractivity contribution is 5.88. The quantitative estimate of drug-likeness (QED) is 0.670. The van der Waals surface area contributed by atoms with Gasteiger partial charge in [-0.05, 0) is 26.0 Å². The van der Waals surface area contributed by atoms with Crippen LogP contribution in [0, 0.1) is 12.3 Å². The zero-order chi connectivity index (χ0) is 14.5. The van der Waals surface area contributed by atoms with Crippen LogP contribution >= 0.6 is 0 Å². The predicted octanol–water partition coefficient (Wildman–Crippen LogP) is 2.91. The normalized spacial score (nSPS) is 12.2. The molecule has 0 aliphatic heterocycles. The van der Waals surface area contributed by atoms with E-state index in [0.717, 1.165) is 11.3 Å². The number of nitrogens with one attached hydrogen (secondary N) is 1. The summed E-state index contributed by atoms with van der Waals surface area (Å²) in [6, 6.07) is 7.56. The maximum absolute atomic E-state index is 11.6. The van der Waals surface area contributed by atoms with Crippen LogP contribution in [0.2, 0.25) is 0 Å². The van der Waals surface area contributed by atoms with Crippen LogP contribution < -0.4 is 10.2 Å². The Labute approximate surface area is 114 Å². The Morgan fingerprint density at radius 1 is 1.26 bits per heavy atom. The molecule has 0 radical (unpaired) electrons. The minimum atomic E-state index is -0.260. The molecule has 1 aromatic carbocycles. The molecule has 0 saturated carbocycles. The van der Waals surface area contributed by atoms with Crippen molar-refractivity contribution in [2.75, 3.05) is 6.61 Å². The van der Waals surface area contributed by atoms with Gasteiger partial charge in [-0.2, -0.15) is 5.10 Å². The van der Waals surface area contributed by atoms with Crippen molar-refractivity contribution in [3.8, 4) is 5.75 Å². The van der Waals surface area contributed by atoms with Crippen LogP contribution in [0.5, 0.6) is 5.75 Å². The van der Waals surface area contributed by atoms with E-state index in [9.17, 15) is 4.79 Å². The summed E-state index contributed by atoms with van der Waals surface area (Å²) in [6.45, 7) is 9.98. The van der Waals surface area contributed by atoms with Crippen molar-refractivity contribution in [1.29, 1.82) is 0 Å². The number of amides is 1. The molecular weight excluding hydrogens is 240 g/mol. The second-order valence-electron chi connectivity index (χ2n) is 5.58. The number of ether oxygens (including phenoxy) is 1. The Kier molecular flexibility index (Phi) is 5.10. The van der Waals surface area contributed by atoms with E-state index in [4.69, 9.17) is 4.74 Å². The van der Waals surface area contributed by atoms with Crippen LogP contribution in [0.4, 0.5) is 0 Å². The molecule has 0 aliphatic carbocycles. The monoisotopic (exact) mass is 262 g/mol. The zero-order valence-corrected chi connectivity index (χ0v) is 12.3. The number of hydrazone groups is 1. The van der Waals surface area contributed by atoms with E-state index >= 15 is 0 Å². The van der Waals surface area contributed by atoms with E-state index in [2.05, 4.69) is 10.5 Å². The first-order chi connectivity index (χ1) is 8.79. The first-order valence-electron chi connectivity index (χ1n) is 6.32. The lowest BCUT2D eigenvalue weighted by atomic mass is 9.91. The number of benzene rings is 1. The smallest absolute Gasteiger partial charge is 0.277 e. The van der Waals surface area contributed by atoms with Crippen LogP contribution in [0.15, 0.2) is 29.4 Å². The summed E-state index contributed by atoms with van der Waals surface area (Å²) in [5.41, 5.74) is 4.47. The number of nitrogens with zero attached hydrogens (tertiary/aromatic N) is 1. The molecule has 0 aliphatic rings. The van der Waals surface area contributed by atoms with E-state index in [0.29, 0.717) is 5.75 Å². The second-order valence-corrected chi connectivity index (χ2v) is 5.58. The van der Waals surface area contributed by atoms with Gasteiger partial charge in [0.15, 0.2) is 6.61 Å². The van der Waals surface area contributed by atoms with Crippen LogP contribution in [0.3, 0.4) is 0 Å². The molecule has 0 saturated heterocycles. The molecule has 4 heteroatoms. The summed E-state index contributed by atoms with van der Waals surface area (Å²) in [5.74, 6) is 0.418. The summed E-state index contributed by atoms with van der Waals surface area (Å²) in [7, 11) is 0. The minimum absolute atomic E-state index is 0.0377. The van der Waals surface area contributed by atoms with Crippen molar-refractivity contribution in [2.24, 2.45) is 10.5 Å². The van der Waals surface area contributed by atoms with Gasteiger partial charge < -0.3 is 4.74 Å². The second kappa shape index (κ2) is 6.36. The Hall–Kier alpha value is -1.84. The number of hydrogen-bond acceptors (Lipinski definition) is 3. The molecule has 19 heavy (non-hydrogen) atoms. The molecule has 0 bridgehead atoms. The highest BCUT2D eigenvalue weighted by Crippen LogP contribution is 2.15. The van der Waals surface area contributed by atoms with Gasteiger partial charge in [-0.25, -0.2) is 5.43 Å². The van der Waals surface area contributed by atoms with Crippen molar-refractivity contribution in [1.82, 2.24) is 5.43 Å². The van der Waals surface area contributed by atoms with Gasteiger partial charge in [-0.1, -0.05) is 38.5 Å². The number of hydrogen-bond donors (Lipinski definition) is 1. The standard InChI is InChI=1S/C15H22N2O2/c1-11-6-8-13(9-7-11)19-10-14(18)17-16-12(2)15(3,4)5/h6-9H,10H2,1-5H3,(H,17,18). The molecule has 0 fully saturated rings. The van der Waals surface area contributed by atoms with Gasteiger partial charge in [0, 0.05) is 11.1 Å². The average molecular weight is 262 g/mol. The maximum Gasteiger partial charge on any atom is 0.277 e. The molecular formula is C15H22N2O2. The van der Waals surface area contributed by atoms with Crippen molar-refractivity contribution in [3.63, 3.8) is 0 Å². The lowest BCUT2D eigenvalue weighted by Crippen LogP contribution is -2.28. The van der Waals surface area contributed by atoms with Gasteiger partial charge in [0.25, 0.3) is 5.91 Å². The number of aryl methyl sites for hydroxylation is 1. The Morgan fingerprint density at radius 3 is 2.37 bits per heavy atom. The first kappa shape index (κ1) is 15.2. The third-order valence-electron chi connectivity index (χ3n) is 2.82. The maximum atomic E-state index is 11.6. The van der Waals surface area contributed by atoms with Gasteiger partial charge in [0.05, 0.1) is 0 Å². The summed E-state index contributed by atoms with van der Waals surface area (Å²) in [4.78, 5) is 11.6. The zero-order valence-electron chi connectivity index (χ0n) is 12.3. The van der Waals surface area contributed by atoms with Gasteiger partial charge in [-0.15, -0.1) is 0 Å². The van der Waals surface area contributed by atoms with Crippen molar-refractivity contribution in [3.05, 3.63) is 29.8 Å². The fourth-order valence-electron chi connectivity index (χ4n) is 1.13. The highest BCUT2D eigenvalue weighted by atomic mass is 16.5. The van der Waals surface area contributed by atoms with Crippen LogP contribution in [0.25, 0.3) is 0 Å². The van der Waals surface area contributed by atoms with Gasteiger partial charge >= 0.3 is 0 Å². The molecule has 1 aromatic rings. The molecule has 0 heterocycles. The van der Waals surface area contributed by atoms with E-state index in [-0.39, 0.29) is 17.9 Å². The molecule has 0 atom stereocenters. The average Bonchev–Trinajstić information content (AvgIpc) is 2.34. The highest BCUT2D eigenvalue weighted by Gasteiger charge is 2.14.